The molecule has 2 aromatic rings. The van der Waals surface area contributed by atoms with E-state index in [9.17, 15) is 9.59 Å². The molecule has 0 bridgehead atoms. The third-order valence-electron chi connectivity index (χ3n) is 6.02. The fourth-order valence-corrected chi connectivity index (χ4v) is 4.23. The minimum atomic E-state index is -0.644. The van der Waals surface area contributed by atoms with E-state index < -0.39 is 5.91 Å². The molecule has 0 atom stereocenters. The Morgan fingerprint density at radius 1 is 1.11 bits per heavy atom. The Bertz CT molecular complexity index is 1020. The Morgan fingerprint density at radius 2 is 1.89 bits per heavy atom. The zero-order chi connectivity index (χ0) is 25.2. The summed E-state index contributed by atoms with van der Waals surface area (Å²) < 4.78 is 5.46. The fourth-order valence-electron chi connectivity index (χ4n) is 4.23. The first-order valence-electron chi connectivity index (χ1n) is 12.3. The molecule has 190 valence electrons. The van der Waals surface area contributed by atoms with Crippen LogP contribution in [-0.2, 0) is 17.6 Å². The highest BCUT2D eigenvalue weighted by Gasteiger charge is 2.20. The normalized spacial score (nSPS) is 13.8. The second kappa shape index (κ2) is 12.9. The molecule has 1 heterocycles. The van der Waals surface area contributed by atoms with Crippen molar-refractivity contribution in [1.82, 2.24) is 20.6 Å². The lowest BCUT2D eigenvalue weighted by Gasteiger charge is -2.25. The molecule has 1 aromatic heterocycles. The maximum absolute atomic E-state index is 12.2. The molecule has 0 unspecified atom stereocenters. The Hall–Kier alpha value is -3.40. The number of hydrogen-bond donors (Lipinski definition) is 5. The molecule has 0 radical (unpaired) electrons. The molecule has 35 heavy (non-hydrogen) atoms. The van der Waals surface area contributed by atoms with Crippen LogP contribution >= 0.6 is 0 Å². The van der Waals surface area contributed by atoms with Crippen LogP contribution in [0.4, 0.5) is 17.3 Å². The average Bonchev–Trinajstić information content (AvgIpc) is 2.84. The third-order valence-corrected chi connectivity index (χ3v) is 6.02. The van der Waals surface area contributed by atoms with Crippen LogP contribution in [0.1, 0.15) is 60.8 Å². The molecule has 1 aromatic carbocycles. The summed E-state index contributed by atoms with van der Waals surface area (Å²) in [6, 6.07) is 6.00. The minimum Gasteiger partial charge on any atom is -0.497 e. The van der Waals surface area contributed by atoms with Gasteiger partial charge in [-0.3, -0.25) is 9.59 Å². The van der Waals surface area contributed by atoms with Crippen molar-refractivity contribution in [3.8, 4) is 5.75 Å². The molecular weight excluding hydrogens is 446 g/mol. The van der Waals surface area contributed by atoms with Gasteiger partial charge in [-0.2, -0.15) is 0 Å². The number of ether oxygens (including phenoxy) is 1. The topological polar surface area (TPSA) is 143 Å². The highest BCUT2D eigenvalue weighted by Crippen LogP contribution is 2.28. The standard InChI is InChI=1S/C25H37N7O3/c1-4-20-24(29-17-8-6-5-7-9-17)32-25(22(31-20)23(26)34)30-18-12-16(13-19(14-18)35-3)10-11-28-21(33)15-27-2/h12-14,17,27H,4-11,15H2,1-3H3,(H2,26,34)(H,28,33)(H2,29,30,32). The molecule has 2 amide bonds. The number of carbonyl (C=O) groups is 2. The number of likely N-dealkylation sites (N-methyl/N-ethyl adjacent to an activating group) is 1. The minimum absolute atomic E-state index is 0.0656. The number of aryl methyl sites for hydroxylation is 1. The van der Waals surface area contributed by atoms with Crippen LogP contribution in [0.15, 0.2) is 18.2 Å². The van der Waals surface area contributed by atoms with E-state index in [1.54, 1.807) is 14.2 Å². The first-order valence-corrected chi connectivity index (χ1v) is 12.3. The van der Waals surface area contributed by atoms with Crippen molar-refractivity contribution in [2.75, 3.05) is 37.9 Å². The monoisotopic (exact) mass is 483 g/mol. The zero-order valence-electron chi connectivity index (χ0n) is 20.9. The van der Waals surface area contributed by atoms with Gasteiger partial charge in [0.05, 0.1) is 19.3 Å². The van der Waals surface area contributed by atoms with Gasteiger partial charge in [0.1, 0.15) is 11.6 Å². The van der Waals surface area contributed by atoms with Crippen LogP contribution in [0.5, 0.6) is 5.75 Å². The first-order chi connectivity index (χ1) is 16.9. The maximum Gasteiger partial charge on any atom is 0.271 e. The van der Waals surface area contributed by atoms with Gasteiger partial charge in [0.2, 0.25) is 5.91 Å². The molecule has 10 nitrogen and oxygen atoms in total. The highest BCUT2D eigenvalue weighted by molar-refractivity contribution is 5.96. The molecule has 10 heteroatoms. The summed E-state index contributed by atoms with van der Waals surface area (Å²) in [6.45, 7) is 2.74. The number of rotatable bonds is 12. The molecular formula is C25H37N7O3. The van der Waals surface area contributed by atoms with Crippen LogP contribution in [-0.4, -0.2) is 55.1 Å². The second-order valence-electron chi connectivity index (χ2n) is 8.74. The van der Waals surface area contributed by atoms with E-state index in [-0.39, 0.29) is 18.1 Å². The first kappa shape index (κ1) is 26.2. The van der Waals surface area contributed by atoms with Gasteiger partial charge in [0.25, 0.3) is 5.91 Å². The average molecular weight is 484 g/mol. The van der Waals surface area contributed by atoms with E-state index in [1.165, 1.54) is 19.3 Å². The number of anilines is 3. The van der Waals surface area contributed by atoms with Crippen molar-refractivity contribution in [2.45, 2.75) is 57.9 Å². The van der Waals surface area contributed by atoms with Gasteiger partial charge < -0.3 is 31.7 Å². The molecule has 3 rings (SSSR count). The summed E-state index contributed by atoms with van der Waals surface area (Å²) >= 11 is 0. The number of methoxy groups -OCH3 is 1. The van der Waals surface area contributed by atoms with Crippen LogP contribution < -0.4 is 31.7 Å². The number of hydrogen-bond acceptors (Lipinski definition) is 8. The van der Waals surface area contributed by atoms with Gasteiger partial charge in [-0.25, -0.2) is 9.97 Å². The number of nitrogens with two attached hydrogens (primary N) is 1. The van der Waals surface area contributed by atoms with E-state index in [0.717, 1.165) is 24.1 Å². The molecule has 1 aliphatic rings. The smallest absolute Gasteiger partial charge is 0.271 e. The van der Waals surface area contributed by atoms with Gasteiger partial charge in [-0.05, 0) is 50.4 Å². The van der Waals surface area contributed by atoms with Crippen molar-refractivity contribution in [3.63, 3.8) is 0 Å². The van der Waals surface area contributed by atoms with Gasteiger partial charge >= 0.3 is 0 Å². The Labute approximate surface area is 206 Å². The second-order valence-corrected chi connectivity index (χ2v) is 8.74. The Kier molecular flexibility index (Phi) is 9.66. The van der Waals surface area contributed by atoms with Gasteiger partial charge in [-0.15, -0.1) is 0 Å². The number of primary amides is 1. The Balaban J connectivity index is 1.85. The van der Waals surface area contributed by atoms with Gasteiger partial charge in [0.15, 0.2) is 11.5 Å². The largest absolute Gasteiger partial charge is 0.497 e. The summed E-state index contributed by atoms with van der Waals surface area (Å²) in [5.41, 5.74) is 8.12. The van der Waals surface area contributed by atoms with Crippen LogP contribution in [0.3, 0.4) is 0 Å². The van der Waals surface area contributed by atoms with Crippen molar-refractivity contribution < 1.29 is 14.3 Å². The SMILES string of the molecule is CCc1nc(C(N)=O)c(Nc2cc(CCNC(=O)CNC)cc(OC)c2)nc1NC1CCCCC1. The van der Waals surface area contributed by atoms with E-state index >= 15 is 0 Å². The van der Waals surface area contributed by atoms with E-state index in [4.69, 9.17) is 15.5 Å². The zero-order valence-corrected chi connectivity index (χ0v) is 20.9. The lowest BCUT2D eigenvalue weighted by molar-refractivity contribution is -0.120. The predicted molar refractivity (Wildman–Crippen MR) is 137 cm³/mol. The van der Waals surface area contributed by atoms with Crippen LogP contribution in [0.25, 0.3) is 0 Å². The number of benzene rings is 1. The number of carbonyl (C=O) groups excluding carboxylic acids is 2. The molecule has 0 saturated heterocycles. The molecule has 6 N–H and O–H groups in total. The molecule has 0 spiro atoms. The lowest BCUT2D eigenvalue weighted by atomic mass is 9.95. The number of nitrogens with one attached hydrogen (secondary N) is 4. The lowest BCUT2D eigenvalue weighted by Crippen LogP contribution is -2.33. The summed E-state index contributed by atoms with van der Waals surface area (Å²) in [5, 5.41) is 12.5. The van der Waals surface area contributed by atoms with Crippen molar-refractivity contribution >= 4 is 29.1 Å². The highest BCUT2D eigenvalue weighted by atomic mass is 16.5. The molecule has 1 fully saturated rings. The predicted octanol–water partition coefficient (Wildman–Crippen LogP) is 2.51. The summed E-state index contributed by atoms with van der Waals surface area (Å²) in [6.07, 6.45) is 7.07. The van der Waals surface area contributed by atoms with E-state index in [0.29, 0.717) is 48.5 Å². The van der Waals surface area contributed by atoms with Crippen molar-refractivity contribution in [2.24, 2.45) is 5.73 Å². The summed E-state index contributed by atoms with van der Waals surface area (Å²) in [5.74, 6) is 0.918. The Morgan fingerprint density at radius 3 is 2.54 bits per heavy atom. The quantitative estimate of drug-likeness (QED) is 0.310. The molecule has 0 aliphatic heterocycles. The number of amides is 2. The number of nitrogens with zero attached hydrogens (tertiary/aromatic N) is 2. The van der Waals surface area contributed by atoms with Gasteiger partial charge in [-0.1, -0.05) is 26.2 Å². The summed E-state index contributed by atoms with van der Waals surface area (Å²) in [7, 11) is 3.32. The summed E-state index contributed by atoms with van der Waals surface area (Å²) in [4.78, 5) is 33.2. The third kappa shape index (κ3) is 7.54. The van der Waals surface area contributed by atoms with Crippen molar-refractivity contribution in [1.29, 1.82) is 0 Å². The maximum atomic E-state index is 12.2. The van der Waals surface area contributed by atoms with E-state index in [2.05, 4.69) is 26.3 Å². The number of aromatic nitrogens is 2. The molecule has 1 aliphatic carbocycles. The molecule has 1 saturated carbocycles. The van der Waals surface area contributed by atoms with Crippen LogP contribution in [0, 0.1) is 0 Å². The van der Waals surface area contributed by atoms with Crippen molar-refractivity contribution in [3.05, 3.63) is 35.2 Å². The fraction of sp³-hybridized carbons (Fsp3) is 0.520. The van der Waals surface area contributed by atoms with Crippen LogP contribution in [0.2, 0.25) is 0 Å². The van der Waals surface area contributed by atoms with Gasteiger partial charge in [0, 0.05) is 24.3 Å². The van der Waals surface area contributed by atoms with E-state index in [1.807, 2.05) is 25.1 Å².